The number of fused-ring (bicyclic) bond motifs is 1. The zero-order valence-corrected chi connectivity index (χ0v) is 10.1. The largest absolute Gasteiger partial charge is 0.256 e. The standard InChI is InChI=1S/C16H10N2O/c19-11-18-15-6-3-5-12(9-15)14-8-13-4-1-2-7-16(13)17-10-14/h1-10H. The van der Waals surface area contributed by atoms with Crippen LogP contribution in [-0.2, 0) is 4.79 Å². The van der Waals surface area contributed by atoms with Crippen molar-refractivity contribution in [1.29, 1.82) is 0 Å². The molecule has 0 bridgehead atoms. The molecule has 0 amide bonds. The summed E-state index contributed by atoms with van der Waals surface area (Å²) in [7, 11) is 0. The molecule has 0 aliphatic rings. The van der Waals surface area contributed by atoms with E-state index in [4.69, 9.17) is 0 Å². The van der Waals surface area contributed by atoms with E-state index in [1.165, 1.54) is 0 Å². The molecular formula is C16H10N2O. The number of pyridine rings is 1. The van der Waals surface area contributed by atoms with Gasteiger partial charge in [0.05, 0.1) is 11.2 Å². The summed E-state index contributed by atoms with van der Waals surface area (Å²) in [6, 6.07) is 17.5. The van der Waals surface area contributed by atoms with Gasteiger partial charge in [-0.3, -0.25) is 4.98 Å². The van der Waals surface area contributed by atoms with Crippen molar-refractivity contribution in [3.05, 3.63) is 60.8 Å². The summed E-state index contributed by atoms with van der Waals surface area (Å²) in [5, 5.41) is 1.09. The highest BCUT2D eigenvalue weighted by Gasteiger charge is 2.01. The van der Waals surface area contributed by atoms with E-state index in [9.17, 15) is 4.79 Å². The lowest BCUT2D eigenvalue weighted by atomic mass is 10.0. The van der Waals surface area contributed by atoms with E-state index in [0.717, 1.165) is 22.0 Å². The summed E-state index contributed by atoms with van der Waals surface area (Å²) in [4.78, 5) is 18.3. The van der Waals surface area contributed by atoms with Crippen LogP contribution in [0.15, 0.2) is 65.8 Å². The fourth-order valence-electron chi connectivity index (χ4n) is 2.04. The van der Waals surface area contributed by atoms with Crippen LogP contribution in [0.25, 0.3) is 22.0 Å². The molecule has 1 aromatic heterocycles. The lowest BCUT2D eigenvalue weighted by molar-refractivity contribution is 0.565. The molecule has 19 heavy (non-hydrogen) atoms. The molecule has 0 spiro atoms. The second kappa shape index (κ2) is 4.84. The number of rotatable bonds is 2. The van der Waals surface area contributed by atoms with Gasteiger partial charge in [0.15, 0.2) is 0 Å². The van der Waals surface area contributed by atoms with E-state index in [2.05, 4.69) is 16.0 Å². The van der Waals surface area contributed by atoms with Gasteiger partial charge in [0.1, 0.15) is 0 Å². The summed E-state index contributed by atoms with van der Waals surface area (Å²) in [5.74, 6) is 0. The van der Waals surface area contributed by atoms with Crippen molar-refractivity contribution in [3.63, 3.8) is 0 Å². The zero-order valence-electron chi connectivity index (χ0n) is 10.1. The molecule has 3 aromatic rings. The average molecular weight is 246 g/mol. The third-order valence-corrected chi connectivity index (χ3v) is 2.94. The molecule has 1 heterocycles. The van der Waals surface area contributed by atoms with Crippen LogP contribution >= 0.6 is 0 Å². The number of benzene rings is 2. The molecule has 0 saturated carbocycles. The molecule has 0 unspecified atom stereocenters. The van der Waals surface area contributed by atoms with Crippen molar-refractivity contribution in [2.24, 2.45) is 4.99 Å². The molecule has 0 radical (unpaired) electrons. The highest BCUT2D eigenvalue weighted by molar-refractivity contribution is 5.83. The van der Waals surface area contributed by atoms with Gasteiger partial charge in [-0.25, -0.2) is 4.79 Å². The monoisotopic (exact) mass is 246 g/mol. The number of aromatic nitrogens is 1. The number of aliphatic imine (C=N–C) groups is 1. The normalized spacial score (nSPS) is 10.1. The van der Waals surface area contributed by atoms with Crippen LogP contribution in [0.4, 0.5) is 5.69 Å². The second-order valence-corrected chi connectivity index (χ2v) is 4.17. The summed E-state index contributed by atoms with van der Waals surface area (Å²) >= 11 is 0. The van der Waals surface area contributed by atoms with Crippen LogP contribution in [0.3, 0.4) is 0 Å². The van der Waals surface area contributed by atoms with Gasteiger partial charge in [-0.05, 0) is 29.8 Å². The molecule has 0 aliphatic heterocycles. The van der Waals surface area contributed by atoms with E-state index in [0.29, 0.717) is 5.69 Å². The molecule has 3 nitrogen and oxygen atoms in total. The molecule has 0 N–H and O–H groups in total. The Labute approximate surface area is 110 Å². The lowest BCUT2D eigenvalue weighted by Crippen LogP contribution is -1.82. The Kier molecular flexibility index (Phi) is 2.89. The van der Waals surface area contributed by atoms with Gasteiger partial charge in [-0.2, -0.15) is 4.99 Å². The van der Waals surface area contributed by atoms with Gasteiger partial charge in [-0.1, -0.05) is 30.3 Å². The fraction of sp³-hybridized carbons (Fsp3) is 0. The smallest absolute Gasteiger partial charge is 0.240 e. The minimum Gasteiger partial charge on any atom is -0.256 e. The first-order chi connectivity index (χ1) is 9.36. The van der Waals surface area contributed by atoms with Crippen molar-refractivity contribution >= 4 is 22.7 Å². The van der Waals surface area contributed by atoms with Gasteiger partial charge in [0, 0.05) is 17.1 Å². The number of hydrogen-bond donors (Lipinski definition) is 0. The maximum Gasteiger partial charge on any atom is 0.240 e. The van der Waals surface area contributed by atoms with Crippen LogP contribution in [0.1, 0.15) is 0 Å². The molecule has 90 valence electrons. The third-order valence-electron chi connectivity index (χ3n) is 2.94. The van der Waals surface area contributed by atoms with E-state index < -0.39 is 0 Å². The Morgan fingerprint density at radius 3 is 2.74 bits per heavy atom. The first-order valence-electron chi connectivity index (χ1n) is 5.90. The predicted octanol–water partition coefficient (Wildman–Crippen LogP) is 3.87. The first kappa shape index (κ1) is 11.3. The number of para-hydroxylation sites is 1. The number of carbonyl (C=O) groups excluding carboxylic acids is 1. The van der Waals surface area contributed by atoms with Crippen molar-refractivity contribution < 1.29 is 4.79 Å². The average Bonchev–Trinajstić information content (AvgIpc) is 2.47. The second-order valence-electron chi connectivity index (χ2n) is 4.17. The topological polar surface area (TPSA) is 42.3 Å². The maximum atomic E-state index is 10.3. The summed E-state index contributed by atoms with van der Waals surface area (Å²) in [6.07, 6.45) is 3.38. The summed E-state index contributed by atoms with van der Waals surface area (Å²) in [5.41, 5.74) is 3.55. The molecule has 3 rings (SSSR count). The van der Waals surface area contributed by atoms with Crippen LogP contribution < -0.4 is 0 Å². The Morgan fingerprint density at radius 1 is 0.947 bits per heavy atom. The van der Waals surface area contributed by atoms with Crippen LogP contribution in [0, 0.1) is 0 Å². The highest BCUT2D eigenvalue weighted by Crippen LogP contribution is 2.25. The van der Waals surface area contributed by atoms with Crippen LogP contribution in [-0.4, -0.2) is 11.1 Å². The molecule has 0 fully saturated rings. The molecule has 0 aliphatic carbocycles. The summed E-state index contributed by atoms with van der Waals surface area (Å²) < 4.78 is 0. The van der Waals surface area contributed by atoms with E-state index in [-0.39, 0.29) is 0 Å². The van der Waals surface area contributed by atoms with Crippen molar-refractivity contribution in [3.8, 4) is 11.1 Å². The van der Waals surface area contributed by atoms with E-state index in [1.54, 1.807) is 12.1 Å². The van der Waals surface area contributed by atoms with E-state index in [1.807, 2.05) is 48.7 Å². The molecule has 3 heteroatoms. The van der Waals surface area contributed by atoms with Gasteiger partial charge in [-0.15, -0.1) is 0 Å². The Bertz CT molecular complexity index is 789. The minimum absolute atomic E-state index is 0.598. The SMILES string of the molecule is O=C=Nc1cccc(-c2cnc3ccccc3c2)c1. The molecular weight excluding hydrogens is 236 g/mol. The number of isocyanates is 1. The molecule has 0 atom stereocenters. The predicted molar refractivity (Wildman–Crippen MR) is 75.0 cm³/mol. The van der Waals surface area contributed by atoms with Crippen molar-refractivity contribution in [2.45, 2.75) is 0 Å². The van der Waals surface area contributed by atoms with Crippen molar-refractivity contribution in [2.75, 3.05) is 0 Å². The Balaban J connectivity index is 2.13. The Hall–Kier alpha value is -2.77. The van der Waals surface area contributed by atoms with Crippen molar-refractivity contribution in [1.82, 2.24) is 4.98 Å². The maximum absolute atomic E-state index is 10.3. The zero-order chi connectivity index (χ0) is 13.1. The van der Waals surface area contributed by atoms with Crippen LogP contribution in [0.5, 0.6) is 0 Å². The third kappa shape index (κ3) is 2.28. The van der Waals surface area contributed by atoms with Gasteiger partial charge >= 0.3 is 0 Å². The van der Waals surface area contributed by atoms with Gasteiger partial charge in [0.2, 0.25) is 6.08 Å². The van der Waals surface area contributed by atoms with Crippen LogP contribution in [0.2, 0.25) is 0 Å². The number of hydrogen-bond acceptors (Lipinski definition) is 3. The molecule has 0 saturated heterocycles. The Morgan fingerprint density at radius 2 is 1.84 bits per heavy atom. The minimum atomic E-state index is 0.598. The molecule has 2 aromatic carbocycles. The quantitative estimate of drug-likeness (QED) is 0.509. The van der Waals surface area contributed by atoms with E-state index >= 15 is 0 Å². The van der Waals surface area contributed by atoms with Gasteiger partial charge in [0.25, 0.3) is 0 Å². The van der Waals surface area contributed by atoms with Gasteiger partial charge < -0.3 is 0 Å². The highest BCUT2D eigenvalue weighted by atomic mass is 16.1. The first-order valence-corrected chi connectivity index (χ1v) is 5.90. The lowest BCUT2D eigenvalue weighted by Gasteiger charge is -2.04. The number of nitrogens with zero attached hydrogens (tertiary/aromatic N) is 2. The fourth-order valence-corrected chi connectivity index (χ4v) is 2.04. The summed E-state index contributed by atoms with van der Waals surface area (Å²) in [6.45, 7) is 0.